The largest absolute Gasteiger partial charge is 0.0625 e. The van der Waals surface area contributed by atoms with Gasteiger partial charge in [-0.3, -0.25) is 0 Å². The van der Waals surface area contributed by atoms with E-state index in [0.29, 0.717) is 0 Å². The van der Waals surface area contributed by atoms with E-state index in [1.807, 2.05) is 0 Å². The lowest BCUT2D eigenvalue weighted by atomic mass is 9.64. The van der Waals surface area contributed by atoms with Gasteiger partial charge >= 0.3 is 0 Å². The van der Waals surface area contributed by atoms with E-state index in [4.69, 9.17) is 0 Å². The first-order valence-corrected chi connectivity index (χ1v) is 6.66. The van der Waals surface area contributed by atoms with Crippen molar-refractivity contribution in [1.82, 2.24) is 0 Å². The summed E-state index contributed by atoms with van der Waals surface area (Å²) >= 11 is 0. The van der Waals surface area contributed by atoms with Crippen LogP contribution in [0.2, 0.25) is 0 Å². The van der Waals surface area contributed by atoms with Gasteiger partial charge in [0.05, 0.1) is 0 Å². The van der Waals surface area contributed by atoms with Crippen LogP contribution in [0.25, 0.3) is 0 Å². The lowest BCUT2D eigenvalue weighted by molar-refractivity contribution is 0.0922. The van der Waals surface area contributed by atoms with E-state index in [1.165, 1.54) is 38.5 Å². The molecule has 82 valence electrons. The standard InChI is InChI=1S/C14H26/c1-10-5-4-6-14(12(3)7-10)13-8-11(2)9-13/h10-14H,4-9H2,1-3H3. The molecule has 0 bridgehead atoms. The van der Waals surface area contributed by atoms with Crippen molar-refractivity contribution in [2.24, 2.45) is 29.6 Å². The second-order valence-electron chi connectivity index (χ2n) is 6.25. The third-order valence-corrected chi connectivity index (χ3v) is 4.76. The molecular weight excluding hydrogens is 168 g/mol. The van der Waals surface area contributed by atoms with Gasteiger partial charge in [-0.15, -0.1) is 0 Å². The summed E-state index contributed by atoms with van der Waals surface area (Å²) in [6.07, 6.45) is 9.08. The van der Waals surface area contributed by atoms with Gasteiger partial charge in [0, 0.05) is 0 Å². The quantitative estimate of drug-likeness (QED) is 0.539. The minimum Gasteiger partial charge on any atom is -0.0625 e. The van der Waals surface area contributed by atoms with Gasteiger partial charge in [-0.25, -0.2) is 0 Å². The van der Waals surface area contributed by atoms with E-state index < -0.39 is 0 Å². The van der Waals surface area contributed by atoms with E-state index in [9.17, 15) is 0 Å². The first-order chi connectivity index (χ1) is 6.66. The van der Waals surface area contributed by atoms with Crippen molar-refractivity contribution >= 4 is 0 Å². The van der Waals surface area contributed by atoms with Gasteiger partial charge in [0.1, 0.15) is 0 Å². The SMILES string of the molecule is CC1CCCC(C2CC(C)C2)C(C)C1. The van der Waals surface area contributed by atoms with Crippen LogP contribution in [-0.4, -0.2) is 0 Å². The molecule has 0 amide bonds. The third kappa shape index (κ3) is 2.15. The molecule has 3 atom stereocenters. The van der Waals surface area contributed by atoms with Crippen molar-refractivity contribution < 1.29 is 0 Å². The molecular formula is C14H26. The molecule has 0 heterocycles. The Morgan fingerprint density at radius 1 is 0.786 bits per heavy atom. The lowest BCUT2D eigenvalue weighted by Gasteiger charge is -2.41. The molecule has 0 aliphatic heterocycles. The van der Waals surface area contributed by atoms with Gasteiger partial charge in [-0.2, -0.15) is 0 Å². The molecule has 0 N–H and O–H groups in total. The molecule has 2 aliphatic rings. The van der Waals surface area contributed by atoms with Gasteiger partial charge in [-0.1, -0.05) is 33.6 Å². The average molecular weight is 194 g/mol. The highest BCUT2D eigenvalue weighted by Gasteiger charge is 2.36. The smallest absolute Gasteiger partial charge is 0.0360 e. The number of hydrogen-bond acceptors (Lipinski definition) is 0. The molecule has 0 spiro atoms. The fourth-order valence-electron chi connectivity index (χ4n) is 3.93. The van der Waals surface area contributed by atoms with Crippen LogP contribution in [0, 0.1) is 29.6 Å². The molecule has 0 aromatic rings. The molecule has 3 unspecified atom stereocenters. The monoisotopic (exact) mass is 194 g/mol. The molecule has 0 aromatic carbocycles. The average Bonchev–Trinajstić information content (AvgIpc) is 2.21. The summed E-state index contributed by atoms with van der Waals surface area (Å²) < 4.78 is 0. The molecule has 2 aliphatic carbocycles. The van der Waals surface area contributed by atoms with Crippen molar-refractivity contribution in [1.29, 1.82) is 0 Å². The predicted molar refractivity (Wildman–Crippen MR) is 62.2 cm³/mol. The van der Waals surface area contributed by atoms with Crippen LogP contribution in [0.1, 0.15) is 59.3 Å². The second kappa shape index (κ2) is 4.24. The molecule has 0 nitrogen and oxygen atoms in total. The van der Waals surface area contributed by atoms with Crippen LogP contribution < -0.4 is 0 Å². The minimum absolute atomic E-state index is 0.993. The minimum atomic E-state index is 0.993. The third-order valence-electron chi connectivity index (χ3n) is 4.76. The van der Waals surface area contributed by atoms with Gasteiger partial charge in [0.25, 0.3) is 0 Å². The molecule has 0 radical (unpaired) electrons. The summed E-state index contributed by atoms with van der Waals surface area (Å²) in [7, 11) is 0. The molecule has 0 aromatic heterocycles. The van der Waals surface area contributed by atoms with Gasteiger partial charge in [0.15, 0.2) is 0 Å². The van der Waals surface area contributed by atoms with Crippen LogP contribution in [0.15, 0.2) is 0 Å². The summed E-state index contributed by atoms with van der Waals surface area (Å²) in [5.41, 5.74) is 0. The predicted octanol–water partition coefficient (Wildman–Crippen LogP) is 4.49. The molecule has 0 saturated heterocycles. The Hall–Kier alpha value is 0. The summed E-state index contributed by atoms with van der Waals surface area (Å²) in [6.45, 7) is 7.37. The van der Waals surface area contributed by atoms with E-state index >= 15 is 0 Å². The first kappa shape index (κ1) is 10.5. The summed E-state index contributed by atoms with van der Waals surface area (Å²) in [5, 5.41) is 0. The highest BCUT2D eigenvalue weighted by Crippen LogP contribution is 2.46. The normalized spacial score (nSPS) is 49.5. The van der Waals surface area contributed by atoms with Gasteiger partial charge in [-0.05, 0) is 55.3 Å². The molecule has 2 saturated carbocycles. The van der Waals surface area contributed by atoms with Crippen molar-refractivity contribution in [2.45, 2.75) is 59.3 Å². The maximum absolute atomic E-state index is 2.51. The number of hydrogen-bond donors (Lipinski definition) is 0. The Bertz CT molecular complexity index is 178. The highest BCUT2D eigenvalue weighted by atomic mass is 14.4. The first-order valence-electron chi connectivity index (χ1n) is 6.66. The maximum atomic E-state index is 2.51. The van der Waals surface area contributed by atoms with E-state index in [-0.39, 0.29) is 0 Å². The van der Waals surface area contributed by atoms with Crippen molar-refractivity contribution in [2.75, 3.05) is 0 Å². The van der Waals surface area contributed by atoms with Gasteiger partial charge in [0.2, 0.25) is 0 Å². The topological polar surface area (TPSA) is 0 Å². The van der Waals surface area contributed by atoms with Crippen LogP contribution in [0.4, 0.5) is 0 Å². The molecule has 14 heavy (non-hydrogen) atoms. The highest BCUT2D eigenvalue weighted by molar-refractivity contribution is 4.86. The fourth-order valence-corrected chi connectivity index (χ4v) is 3.93. The van der Waals surface area contributed by atoms with Crippen LogP contribution in [0.3, 0.4) is 0 Å². The Morgan fingerprint density at radius 3 is 2.14 bits per heavy atom. The lowest BCUT2D eigenvalue weighted by Crippen LogP contribution is -2.31. The van der Waals surface area contributed by atoms with Crippen molar-refractivity contribution in [3.8, 4) is 0 Å². The zero-order valence-corrected chi connectivity index (χ0v) is 10.1. The van der Waals surface area contributed by atoms with E-state index in [2.05, 4.69) is 20.8 Å². The summed E-state index contributed by atoms with van der Waals surface area (Å²) in [4.78, 5) is 0. The van der Waals surface area contributed by atoms with E-state index in [1.54, 1.807) is 0 Å². The molecule has 0 heteroatoms. The Morgan fingerprint density at radius 2 is 1.50 bits per heavy atom. The number of rotatable bonds is 1. The zero-order chi connectivity index (χ0) is 10.1. The van der Waals surface area contributed by atoms with Gasteiger partial charge < -0.3 is 0 Å². The van der Waals surface area contributed by atoms with Crippen LogP contribution in [-0.2, 0) is 0 Å². The van der Waals surface area contributed by atoms with E-state index in [0.717, 1.165) is 29.6 Å². The maximum Gasteiger partial charge on any atom is -0.0360 e. The Kier molecular flexibility index (Phi) is 3.19. The second-order valence-corrected chi connectivity index (χ2v) is 6.25. The Labute approximate surface area is 89.5 Å². The zero-order valence-electron chi connectivity index (χ0n) is 10.1. The molecule has 2 fully saturated rings. The fraction of sp³-hybridized carbons (Fsp3) is 1.00. The summed E-state index contributed by atoms with van der Waals surface area (Å²) in [6, 6.07) is 0. The summed E-state index contributed by atoms with van der Waals surface area (Å²) in [5.74, 6) is 5.21. The van der Waals surface area contributed by atoms with Crippen LogP contribution >= 0.6 is 0 Å². The van der Waals surface area contributed by atoms with Crippen molar-refractivity contribution in [3.63, 3.8) is 0 Å². The van der Waals surface area contributed by atoms with Crippen LogP contribution in [0.5, 0.6) is 0 Å². The molecule has 2 rings (SSSR count). The Balaban J connectivity index is 1.90. The van der Waals surface area contributed by atoms with Crippen molar-refractivity contribution in [3.05, 3.63) is 0 Å².